The third-order valence-corrected chi connectivity index (χ3v) is 2.39. The highest BCUT2D eigenvalue weighted by Crippen LogP contribution is 2.31. The van der Waals surface area contributed by atoms with Gasteiger partial charge in [0.1, 0.15) is 6.33 Å². The molecule has 0 spiro atoms. The van der Waals surface area contributed by atoms with Crippen LogP contribution in [0.2, 0.25) is 0 Å². The molecule has 1 unspecified atom stereocenters. The van der Waals surface area contributed by atoms with Crippen LogP contribution >= 0.6 is 0 Å². The molecule has 1 aromatic rings. The molecule has 0 saturated carbocycles. The van der Waals surface area contributed by atoms with E-state index in [9.17, 15) is 9.59 Å². The monoisotopic (exact) mass is 207 g/mol. The summed E-state index contributed by atoms with van der Waals surface area (Å²) in [6.45, 7) is 1.58. The van der Waals surface area contributed by atoms with Crippen molar-refractivity contribution in [2.24, 2.45) is 0 Å². The van der Waals surface area contributed by atoms with Gasteiger partial charge in [-0.05, 0) is 0 Å². The minimum atomic E-state index is -1.06. The van der Waals surface area contributed by atoms with Gasteiger partial charge in [0.25, 0.3) is 0 Å². The molecule has 2 rings (SSSR count). The average Bonchev–Trinajstić information content (AvgIpc) is 2.56. The van der Waals surface area contributed by atoms with E-state index in [4.69, 9.17) is 5.11 Å². The van der Waals surface area contributed by atoms with Gasteiger partial charge in [0.2, 0.25) is 5.91 Å². The number of rotatable bonds is 1. The normalized spacial score (nSPS) is 18.7. The topological polar surface area (TPSA) is 83.4 Å². The molecule has 2 heterocycles. The van der Waals surface area contributed by atoms with Crippen molar-refractivity contribution in [2.45, 2.75) is 19.5 Å². The predicted molar refractivity (Wildman–Crippen MR) is 48.6 cm³/mol. The Kier molecular flexibility index (Phi) is 2.11. The highest BCUT2D eigenvalue weighted by Gasteiger charge is 2.38. The van der Waals surface area contributed by atoms with Crippen LogP contribution in [0.4, 0.5) is 0 Å². The zero-order valence-electron chi connectivity index (χ0n) is 8.04. The Bertz CT molecular complexity index is 432. The molecule has 0 aromatic carbocycles. The van der Waals surface area contributed by atoms with Crippen LogP contribution in [0.5, 0.6) is 0 Å². The van der Waals surface area contributed by atoms with E-state index in [-0.39, 0.29) is 12.5 Å². The SMILES string of the molecule is CC(=O)N1Cc2ncncc2C1C(=O)O. The molecule has 0 radical (unpaired) electrons. The third kappa shape index (κ3) is 1.43. The fraction of sp³-hybridized carbons (Fsp3) is 0.333. The molecule has 1 amide bonds. The van der Waals surface area contributed by atoms with Gasteiger partial charge in [0.15, 0.2) is 6.04 Å². The van der Waals surface area contributed by atoms with Crippen molar-refractivity contribution < 1.29 is 14.7 Å². The summed E-state index contributed by atoms with van der Waals surface area (Å²) < 4.78 is 0. The summed E-state index contributed by atoms with van der Waals surface area (Å²) in [7, 11) is 0. The largest absolute Gasteiger partial charge is 0.479 e. The second kappa shape index (κ2) is 3.30. The minimum absolute atomic E-state index is 0.240. The highest BCUT2D eigenvalue weighted by molar-refractivity contribution is 5.84. The number of fused-ring (bicyclic) bond motifs is 1. The first-order chi connectivity index (χ1) is 7.11. The fourth-order valence-electron chi connectivity index (χ4n) is 1.71. The number of carbonyl (C=O) groups is 2. The van der Waals surface area contributed by atoms with Crippen LogP contribution in [0, 0.1) is 0 Å². The number of nitrogens with zero attached hydrogens (tertiary/aromatic N) is 3. The van der Waals surface area contributed by atoms with Gasteiger partial charge in [0, 0.05) is 18.7 Å². The van der Waals surface area contributed by atoms with Gasteiger partial charge >= 0.3 is 5.97 Å². The maximum atomic E-state index is 11.2. The number of carbonyl (C=O) groups excluding carboxylic acids is 1. The standard InChI is InChI=1S/C9H9N3O3/c1-5(13)12-3-7-6(2-10-4-11-7)8(12)9(14)15/h2,4,8H,3H2,1H3,(H,14,15). The highest BCUT2D eigenvalue weighted by atomic mass is 16.4. The first kappa shape index (κ1) is 9.57. The smallest absolute Gasteiger partial charge is 0.331 e. The molecule has 0 aliphatic carbocycles. The van der Waals surface area contributed by atoms with E-state index in [2.05, 4.69) is 9.97 Å². The lowest BCUT2D eigenvalue weighted by molar-refractivity contribution is -0.149. The lowest BCUT2D eigenvalue weighted by atomic mass is 10.1. The van der Waals surface area contributed by atoms with Crippen molar-refractivity contribution in [3.63, 3.8) is 0 Å². The summed E-state index contributed by atoms with van der Waals surface area (Å²) in [6.07, 6.45) is 2.80. The summed E-state index contributed by atoms with van der Waals surface area (Å²) in [4.78, 5) is 31.3. The van der Waals surface area contributed by atoms with E-state index < -0.39 is 12.0 Å². The zero-order chi connectivity index (χ0) is 11.0. The summed E-state index contributed by atoms with van der Waals surface area (Å²) in [5.74, 6) is -1.33. The number of hydrogen-bond donors (Lipinski definition) is 1. The molecular formula is C9H9N3O3. The Morgan fingerprint density at radius 2 is 2.33 bits per heavy atom. The molecular weight excluding hydrogens is 198 g/mol. The summed E-state index contributed by atoms with van der Waals surface area (Å²) in [5, 5.41) is 9.03. The van der Waals surface area contributed by atoms with Gasteiger partial charge in [-0.25, -0.2) is 14.8 Å². The predicted octanol–water partition coefficient (Wildman–Crippen LogP) is -0.0356. The van der Waals surface area contributed by atoms with Gasteiger partial charge < -0.3 is 10.0 Å². The Labute approximate surface area is 85.6 Å². The molecule has 15 heavy (non-hydrogen) atoms. The Balaban J connectivity index is 2.46. The van der Waals surface area contributed by atoms with E-state index in [1.165, 1.54) is 24.3 Å². The molecule has 1 atom stereocenters. The van der Waals surface area contributed by atoms with Crippen molar-refractivity contribution in [3.05, 3.63) is 23.8 Å². The van der Waals surface area contributed by atoms with Crippen molar-refractivity contribution in [1.82, 2.24) is 14.9 Å². The molecule has 1 aliphatic heterocycles. The lowest BCUT2D eigenvalue weighted by Crippen LogP contribution is -2.31. The Hall–Kier alpha value is -1.98. The first-order valence-electron chi connectivity index (χ1n) is 4.40. The molecule has 1 aromatic heterocycles. The molecule has 0 bridgehead atoms. The number of amides is 1. The lowest BCUT2D eigenvalue weighted by Gasteiger charge is -2.19. The average molecular weight is 207 g/mol. The van der Waals surface area contributed by atoms with Gasteiger partial charge in [0.05, 0.1) is 12.2 Å². The van der Waals surface area contributed by atoms with Gasteiger partial charge in [-0.15, -0.1) is 0 Å². The summed E-state index contributed by atoms with van der Waals surface area (Å²) in [5.41, 5.74) is 1.10. The van der Waals surface area contributed by atoms with Crippen LogP contribution < -0.4 is 0 Å². The molecule has 1 N–H and O–H groups in total. The third-order valence-electron chi connectivity index (χ3n) is 2.39. The number of hydrogen-bond acceptors (Lipinski definition) is 4. The van der Waals surface area contributed by atoms with Gasteiger partial charge in [-0.2, -0.15) is 0 Å². The van der Waals surface area contributed by atoms with Crippen LogP contribution in [-0.4, -0.2) is 31.9 Å². The maximum absolute atomic E-state index is 11.2. The second-order valence-corrected chi connectivity index (χ2v) is 3.31. The fourth-order valence-corrected chi connectivity index (χ4v) is 1.71. The Morgan fingerprint density at radius 3 is 2.93 bits per heavy atom. The summed E-state index contributed by atoms with van der Waals surface area (Å²) >= 11 is 0. The van der Waals surface area contributed by atoms with Crippen molar-refractivity contribution in [1.29, 1.82) is 0 Å². The number of aliphatic carboxylic acids is 1. The first-order valence-corrected chi connectivity index (χ1v) is 4.40. The second-order valence-electron chi connectivity index (χ2n) is 3.31. The summed E-state index contributed by atoms with van der Waals surface area (Å²) in [6, 6.07) is -0.946. The van der Waals surface area contributed by atoms with Crippen LogP contribution in [0.15, 0.2) is 12.5 Å². The van der Waals surface area contributed by atoms with Crippen LogP contribution in [-0.2, 0) is 16.1 Å². The minimum Gasteiger partial charge on any atom is -0.479 e. The quantitative estimate of drug-likeness (QED) is 0.698. The van der Waals surface area contributed by atoms with Crippen LogP contribution in [0.3, 0.4) is 0 Å². The van der Waals surface area contributed by atoms with E-state index in [0.717, 1.165) is 0 Å². The van der Waals surface area contributed by atoms with Gasteiger partial charge in [-0.3, -0.25) is 4.79 Å². The maximum Gasteiger partial charge on any atom is 0.331 e. The Morgan fingerprint density at radius 1 is 1.60 bits per heavy atom. The molecule has 6 nitrogen and oxygen atoms in total. The van der Waals surface area contributed by atoms with E-state index in [1.807, 2.05) is 0 Å². The van der Waals surface area contributed by atoms with Gasteiger partial charge in [-0.1, -0.05) is 0 Å². The molecule has 1 aliphatic rings. The van der Waals surface area contributed by atoms with Crippen molar-refractivity contribution in [3.8, 4) is 0 Å². The molecule has 78 valence electrons. The number of carboxylic acid groups (broad SMARTS) is 1. The van der Waals surface area contributed by atoms with E-state index >= 15 is 0 Å². The van der Waals surface area contributed by atoms with E-state index in [1.54, 1.807) is 0 Å². The number of carboxylic acids is 1. The molecule has 0 saturated heterocycles. The van der Waals surface area contributed by atoms with Crippen LogP contribution in [0.1, 0.15) is 24.2 Å². The van der Waals surface area contributed by atoms with Crippen molar-refractivity contribution >= 4 is 11.9 Å². The number of aromatic nitrogens is 2. The van der Waals surface area contributed by atoms with Crippen molar-refractivity contribution in [2.75, 3.05) is 0 Å². The molecule has 0 fully saturated rings. The zero-order valence-corrected chi connectivity index (χ0v) is 8.04. The van der Waals surface area contributed by atoms with E-state index in [0.29, 0.717) is 11.3 Å². The molecule has 6 heteroatoms. The van der Waals surface area contributed by atoms with Crippen LogP contribution in [0.25, 0.3) is 0 Å².